The van der Waals surface area contributed by atoms with E-state index in [1.165, 1.54) is 17.5 Å². The lowest BCUT2D eigenvalue weighted by Gasteiger charge is -2.06. The van der Waals surface area contributed by atoms with E-state index in [0.717, 1.165) is 17.5 Å². The minimum absolute atomic E-state index is 0.329. The van der Waals surface area contributed by atoms with Crippen molar-refractivity contribution in [2.24, 2.45) is 0 Å². The molecule has 1 N–H and O–H groups in total. The molecule has 6 heteroatoms. The molecule has 0 fully saturated rings. The number of aromatic nitrogens is 3. The average molecular weight is 300 g/mol. The molecule has 0 aliphatic carbocycles. The van der Waals surface area contributed by atoms with Crippen LogP contribution in [0.2, 0.25) is 0 Å². The Bertz CT molecular complexity index is 701. The van der Waals surface area contributed by atoms with Gasteiger partial charge in [0, 0.05) is 29.9 Å². The Morgan fingerprint density at radius 2 is 2.19 bits per heavy atom. The van der Waals surface area contributed by atoms with Crippen molar-refractivity contribution in [1.82, 2.24) is 15.0 Å². The molecule has 0 saturated carbocycles. The Balaban J connectivity index is 1.68. The van der Waals surface area contributed by atoms with Gasteiger partial charge in [-0.15, -0.1) is 0 Å². The smallest absolute Gasteiger partial charge is 0.223 e. The third-order valence-electron chi connectivity index (χ3n) is 2.96. The molecule has 0 spiro atoms. The molecular formula is C15H13FN4S. The van der Waals surface area contributed by atoms with E-state index < -0.39 is 5.82 Å². The minimum atomic E-state index is -0.411. The summed E-state index contributed by atoms with van der Waals surface area (Å²) in [4.78, 5) is 12.3. The largest absolute Gasteiger partial charge is 0.354 e. The first kappa shape index (κ1) is 13.6. The zero-order valence-electron chi connectivity index (χ0n) is 11.2. The summed E-state index contributed by atoms with van der Waals surface area (Å²) in [5.41, 5.74) is 2.23. The van der Waals surface area contributed by atoms with Gasteiger partial charge in [0.15, 0.2) is 5.82 Å². The van der Waals surface area contributed by atoms with E-state index in [1.807, 2.05) is 35.2 Å². The topological polar surface area (TPSA) is 50.7 Å². The Morgan fingerprint density at radius 1 is 1.24 bits per heavy atom. The number of hydrogen-bond donors (Lipinski definition) is 1. The molecular weight excluding hydrogens is 287 g/mol. The number of hydrogen-bond acceptors (Lipinski definition) is 5. The maximum atomic E-state index is 13.8. The summed E-state index contributed by atoms with van der Waals surface area (Å²) < 4.78 is 13.8. The van der Waals surface area contributed by atoms with Crippen molar-refractivity contribution < 1.29 is 4.39 Å². The van der Waals surface area contributed by atoms with Gasteiger partial charge >= 0.3 is 0 Å². The van der Waals surface area contributed by atoms with Gasteiger partial charge in [0.2, 0.25) is 5.95 Å². The van der Waals surface area contributed by atoms with Crippen LogP contribution in [0.4, 0.5) is 10.3 Å². The molecule has 3 aromatic heterocycles. The number of nitrogens with one attached hydrogen (secondary N) is 1. The summed E-state index contributed by atoms with van der Waals surface area (Å²) in [5, 5.41) is 6.87. The number of nitrogens with zero attached hydrogens (tertiary/aromatic N) is 3. The zero-order chi connectivity index (χ0) is 14.5. The first-order valence-electron chi connectivity index (χ1n) is 6.51. The van der Waals surface area contributed by atoms with E-state index in [2.05, 4.69) is 20.3 Å². The normalized spacial score (nSPS) is 10.5. The van der Waals surface area contributed by atoms with Gasteiger partial charge in [0.05, 0.1) is 6.20 Å². The highest BCUT2D eigenvalue weighted by atomic mass is 32.1. The molecule has 21 heavy (non-hydrogen) atoms. The van der Waals surface area contributed by atoms with Gasteiger partial charge in [-0.1, -0.05) is 6.07 Å². The molecule has 0 atom stereocenters. The molecule has 106 valence electrons. The van der Waals surface area contributed by atoms with Crippen molar-refractivity contribution in [2.75, 3.05) is 11.9 Å². The van der Waals surface area contributed by atoms with Gasteiger partial charge in [-0.3, -0.25) is 4.98 Å². The van der Waals surface area contributed by atoms with E-state index >= 15 is 0 Å². The standard InChI is InChI=1S/C15H13FN4S/c16-13-9-19-15(20-14(13)12-4-7-21-10-12)18-6-3-11-2-1-5-17-8-11/h1-2,4-5,7-10H,3,6H2,(H,18,19,20). The Labute approximate surface area is 125 Å². The molecule has 0 saturated heterocycles. The van der Waals surface area contributed by atoms with Gasteiger partial charge in [0.25, 0.3) is 0 Å². The maximum Gasteiger partial charge on any atom is 0.223 e. The van der Waals surface area contributed by atoms with Crippen molar-refractivity contribution in [3.63, 3.8) is 0 Å². The fourth-order valence-corrected chi connectivity index (χ4v) is 2.56. The van der Waals surface area contributed by atoms with Crippen LogP contribution >= 0.6 is 11.3 Å². The van der Waals surface area contributed by atoms with Crippen LogP contribution in [0.25, 0.3) is 11.3 Å². The van der Waals surface area contributed by atoms with E-state index in [4.69, 9.17) is 0 Å². The zero-order valence-corrected chi connectivity index (χ0v) is 12.0. The van der Waals surface area contributed by atoms with Crippen molar-refractivity contribution in [3.8, 4) is 11.3 Å². The summed E-state index contributed by atoms with van der Waals surface area (Å²) in [7, 11) is 0. The second-order valence-corrected chi connectivity index (χ2v) is 5.22. The van der Waals surface area contributed by atoms with Crippen LogP contribution in [0.5, 0.6) is 0 Å². The molecule has 3 rings (SSSR count). The quantitative estimate of drug-likeness (QED) is 0.784. The summed E-state index contributed by atoms with van der Waals surface area (Å²) in [5.74, 6) is 0.0210. The number of thiophene rings is 1. The van der Waals surface area contributed by atoms with Crippen LogP contribution in [0.1, 0.15) is 5.56 Å². The lowest BCUT2D eigenvalue weighted by atomic mass is 10.2. The van der Waals surface area contributed by atoms with Crippen molar-refractivity contribution in [1.29, 1.82) is 0 Å². The van der Waals surface area contributed by atoms with Crippen LogP contribution < -0.4 is 5.32 Å². The summed E-state index contributed by atoms with van der Waals surface area (Å²) in [6.45, 7) is 0.667. The third kappa shape index (κ3) is 3.41. The molecule has 0 aliphatic heterocycles. The van der Waals surface area contributed by atoms with Gasteiger partial charge in [-0.05, 0) is 29.5 Å². The molecule has 0 unspecified atom stereocenters. The third-order valence-corrected chi connectivity index (χ3v) is 3.64. The van der Waals surface area contributed by atoms with E-state index in [0.29, 0.717) is 18.2 Å². The van der Waals surface area contributed by atoms with E-state index in [9.17, 15) is 4.39 Å². The first-order chi connectivity index (χ1) is 10.3. The molecule has 0 radical (unpaired) electrons. The van der Waals surface area contributed by atoms with Gasteiger partial charge in [-0.2, -0.15) is 11.3 Å². The monoisotopic (exact) mass is 300 g/mol. The Hall–Kier alpha value is -2.34. The number of anilines is 1. The lowest BCUT2D eigenvalue weighted by molar-refractivity contribution is 0.618. The van der Waals surface area contributed by atoms with Crippen molar-refractivity contribution in [3.05, 3.63) is 58.9 Å². The highest BCUT2D eigenvalue weighted by Crippen LogP contribution is 2.23. The lowest BCUT2D eigenvalue weighted by Crippen LogP contribution is -2.09. The SMILES string of the molecule is Fc1cnc(NCCc2cccnc2)nc1-c1ccsc1. The number of halogens is 1. The second-order valence-electron chi connectivity index (χ2n) is 4.44. The first-order valence-corrected chi connectivity index (χ1v) is 7.45. The molecule has 3 aromatic rings. The minimum Gasteiger partial charge on any atom is -0.354 e. The van der Waals surface area contributed by atoms with Crippen LogP contribution in [0.3, 0.4) is 0 Å². The molecule has 0 aliphatic rings. The van der Waals surface area contributed by atoms with Crippen LogP contribution in [0.15, 0.2) is 47.5 Å². The van der Waals surface area contributed by atoms with Gasteiger partial charge in [-0.25, -0.2) is 14.4 Å². The molecule has 4 nitrogen and oxygen atoms in total. The summed E-state index contributed by atoms with van der Waals surface area (Å²) in [6, 6.07) is 5.75. The van der Waals surface area contributed by atoms with Crippen LogP contribution in [-0.2, 0) is 6.42 Å². The van der Waals surface area contributed by atoms with Crippen LogP contribution in [0, 0.1) is 5.82 Å². The van der Waals surface area contributed by atoms with E-state index in [1.54, 1.807) is 6.20 Å². The predicted octanol–water partition coefficient (Wildman–Crippen LogP) is 3.39. The highest BCUT2D eigenvalue weighted by molar-refractivity contribution is 7.08. The number of rotatable bonds is 5. The van der Waals surface area contributed by atoms with Crippen LogP contribution in [-0.4, -0.2) is 21.5 Å². The van der Waals surface area contributed by atoms with Crippen molar-refractivity contribution in [2.45, 2.75) is 6.42 Å². The molecule has 0 aromatic carbocycles. The fourth-order valence-electron chi connectivity index (χ4n) is 1.92. The maximum absolute atomic E-state index is 13.8. The van der Waals surface area contributed by atoms with E-state index in [-0.39, 0.29) is 0 Å². The summed E-state index contributed by atoms with van der Waals surface area (Å²) >= 11 is 1.51. The Morgan fingerprint density at radius 3 is 2.95 bits per heavy atom. The Kier molecular flexibility index (Phi) is 4.16. The molecule has 3 heterocycles. The van der Waals surface area contributed by atoms with Crippen molar-refractivity contribution >= 4 is 17.3 Å². The summed E-state index contributed by atoms with van der Waals surface area (Å²) in [6.07, 6.45) is 5.58. The molecule has 0 bridgehead atoms. The highest BCUT2D eigenvalue weighted by Gasteiger charge is 2.09. The fraction of sp³-hybridized carbons (Fsp3) is 0.133. The number of pyridine rings is 1. The average Bonchev–Trinajstić information content (AvgIpc) is 3.04. The van der Waals surface area contributed by atoms with Gasteiger partial charge < -0.3 is 5.32 Å². The second kappa shape index (κ2) is 6.41. The molecule has 0 amide bonds. The van der Waals surface area contributed by atoms with Gasteiger partial charge in [0.1, 0.15) is 5.69 Å². The predicted molar refractivity (Wildman–Crippen MR) is 81.7 cm³/mol.